The number of aromatic nitrogens is 1. The summed E-state index contributed by atoms with van der Waals surface area (Å²) < 4.78 is 5.58. The van der Waals surface area contributed by atoms with Crippen LogP contribution in [0, 0.1) is 26.7 Å². The zero-order valence-electron chi connectivity index (χ0n) is 16.1. The van der Waals surface area contributed by atoms with E-state index < -0.39 is 0 Å². The van der Waals surface area contributed by atoms with Crippen LogP contribution in [0.25, 0.3) is 22.2 Å². The molecular formula is C23H25NO2. The first-order valence-corrected chi connectivity index (χ1v) is 9.02. The summed E-state index contributed by atoms with van der Waals surface area (Å²) in [6.45, 7) is 10.5. The predicted molar refractivity (Wildman–Crippen MR) is 107 cm³/mol. The van der Waals surface area contributed by atoms with Gasteiger partial charge in [0, 0.05) is 10.9 Å². The van der Waals surface area contributed by atoms with Crippen molar-refractivity contribution >= 4 is 16.9 Å². The lowest BCUT2D eigenvalue weighted by Crippen LogP contribution is -2.13. The molecule has 0 atom stereocenters. The molecule has 3 nitrogen and oxygen atoms in total. The normalized spacial score (nSPS) is 11.2. The van der Waals surface area contributed by atoms with E-state index in [0.717, 1.165) is 38.9 Å². The van der Waals surface area contributed by atoms with Gasteiger partial charge in [0.1, 0.15) is 0 Å². The molecule has 0 fully saturated rings. The largest absolute Gasteiger partial charge is 0.462 e. The van der Waals surface area contributed by atoms with Crippen LogP contribution in [0.15, 0.2) is 42.5 Å². The monoisotopic (exact) mass is 347 g/mol. The molecule has 0 bridgehead atoms. The molecule has 134 valence electrons. The van der Waals surface area contributed by atoms with Crippen LogP contribution in [0.5, 0.6) is 0 Å². The number of rotatable bonds is 4. The molecule has 0 saturated heterocycles. The van der Waals surface area contributed by atoms with E-state index in [9.17, 15) is 4.79 Å². The SMILES string of the molecule is Cc1cc(C)c2nc(-c3ccccc3)c(C)c(C(=O)OCC(C)C)c2c1. The van der Waals surface area contributed by atoms with E-state index in [1.54, 1.807) is 0 Å². The number of carbonyl (C=O) groups is 1. The molecule has 3 heteroatoms. The molecule has 0 aliphatic heterocycles. The van der Waals surface area contributed by atoms with Crippen molar-refractivity contribution in [3.05, 3.63) is 64.7 Å². The molecular weight excluding hydrogens is 322 g/mol. The molecule has 0 unspecified atom stereocenters. The Morgan fingerprint density at radius 2 is 1.77 bits per heavy atom. The molecule has 2 aromatic carbocycles. The number of fused-ring (bicyclic) bond motifs is 1. The average molecular weight is 347 g/mol. The van der Waals surface area contributed by atoms with Gasteiger partial charge in [0.05, 0.1) is 23.4 Å². The number of hydrogen-bond donors (Lipinski definition) is 0. The number of pyridine rings is 1. The standard InChI is InChI=1S/C23H25NO2/c1-14(2)13-26-23(25)20-17(5)22(18-9-7-6-8-10-18)24-21-16(4)11-15(3)12-19(20)21/h6-12,14H,13H2,1-5H3. The predicted octanol–water partition coefficient (Wildman–Crippen LogP) is 5.64. The van der Waals surface area contributed by atoms with E-state index in [2.05, 4.69) is 6.07 Å². The molecule has 0 amide bonds. The second-order valence-electron chi connectivity index (χ2n) is 7.30. The van der Waals surface area contributed by atoms with Gasteiger partial charge in [0.15, 0.2) is 0 Å². The topological polar surface area (TPSA) is 39.2 Å². The minimum absolute atomic E-state index is 0.272. The Morgan fingerprint density at radius 3 is 2.42 bits per heavy atom. The van der Waals surface area contributed by atoms with Crippen LogP contribution in [0.2, 0.25) is 0 Å². The van der Waals surface area contributed by atoms with Crippen LogP contribution in [-0.4, -0.2) is 17.6 Å². The Labute approximate surface area is 155 Å². The Bertz CT molecular complexity index is 959. The molecule has 0 aliphatic carbocycles. The third-order valence-electron chi connectivity index (χ3n) is 4.47. The quantitative estimate of drug-likeness (QED) is 0.573. The lowest BCUT2D eigenvalue weighted by atomic mass is 9.95. The molecule has 3 rings (SSSR count). The van der Waals surface area contributed by atoms with Gasteiger partial charge in [-0.25, -0.2) is 9.78 Å². The van der Waals surface area contributed by atoms with E-state index in [1.165, 1.54) is 0 Å². The highest BCUT2D eigenvalue weighted by atomic mass is 16.5. The van der Waals surface area contributed by atoms with E-state index in [1.807, 2.05) is 71.0 Å². The zero-order chi connectivity index (χ0) is 18.8. The van der Waals surface area contributed by atoms with Crippen LogP contribution in [0.3, 0.4) is 0 Å². The fraction of sp³-hybridized carbons (Fsp3) is 0.304. The Kier molecular flexibility index (Phi) is 5.08. The van der Waals surface area contributed by atoms with Gasteiger partial charge in [-0.2, -0.15) is 0 Å². The van der Waals surface area contributed by atoms with Crippen molar-refractivity contribution in [2.45, 2.75) is 34.6 Å². The van der Waals surface area contributed by atoms with Crippen molar-refractivity contribution in [3.8, 4) is 11.3 Å². The maximum Gasteiger partial charge on any atom is 0.339 e. The lowest BCUT2D eigenvalue weighted by molar-refractivity contribution is 0.0460. The minimum Gasteiger partial charge on any atom is -0.462 e. The first-order valence-electron chi connectivity index (χ1n) is 9.02. The lowest BCUT2D eigenvalue weighted by Gasteiger charge is -2.16. The van der Waals surface area contributed by atoms with Gasteiger partial charge < -0.3 is 4.74 Å². The summed E-state index contributed by atoms with van der Waals surface area (Å²) in [4.78, 5) is 17.9. The third kappa shape index (κ3) is 3.48. The number of benzene rings is 2. The number of ether oxygens (including phenoxy) is 1. The van der Waals surface area contributed by atoms with Crippen molar-refractivity contribution < 1.29 is 9.53 Å². The van der Waals surface area contributed by atoms with Crippen molar-refractivity contribution in [3.63, 3.8) is 0 Å². The van der Waals surface area contributed by atoms with E-state index >= 15 is 0 Å². The molecule has 0 aliphatic rings. The summed E-state index contributed by atoms with van der Waals surface area (Å²) in [5.41, 5.74) is 6.36. The van der Waals surface area contributed by atoms with E-state index in [0.29, 0.717) is 18.1 Å². The van der Waals surface area contributed by atoms with Crippen LogP contribution >= 0.6 is 0 Å². The van der Waals surface area contributed by atoms with Crippen molar-refractivity contribution in [2.24, 2.45) is 5.92 Å². The minimum atomic E-state index is -0.272. The number of carbonyl (C=O) groups excluding carboxylic acids is 1. The summed E-state index contributed by atoms with van der Waals surface area (Å²) in [6.07, 6.45) is 0. The molecule has 3 aromatic rings. The summed E-state index contributed by atoms with van der Waals surface area (Å²) in [5, 5.41) is 0.869. The summed E-state index contributed by atoms with van der Waals surface area (Å²) in [6, 6.07) is 14.1. The summed E-state index contributed by atoms with van der Waals surface area (Å²) in [5.74, 6) is 0.0233. The van der Waals surface area contributed by atoms with Gasteiger partial charge in [-0.3, -0.25) is 0 Å². The molecule has 0 radical (unpaired) electrons. The Morgan fingerprint density at radius 1 is 1.08 bits per heavy atom. The molecule has 0 N–H and O–H groups in total. The number of hydrogen-bond acceptors (Lipinski definition) is 3. The van der Waals surface area contributed by atoms with Crippen molar-refractivity contribution in [1.29, 1.82) is 0 Å². The molecule has 1 heterocycles. The Balaban J connectivity index is 2.28. The highest BCUT2D eigenvalue weighted by Gasteiger charge is 2.21. The molecule has 0 spiro atoms. The first-order chi connectivity index (χ1) is 12.4. The van der Waals surface area contributed by atoms with Crippen molar-refractivity contribution in [1.82, 2.24) is 4.98 Å². The average Bonchev–Trinajstić information content (AvgIpc) is 2.60. The third-order valence-corrected chi connectivity index (χ3v) is 4.47. The highest BCUT2D eigenvalue weighted by molar-refractivity contribution is 6.07. The number of aryl methyl sites for hydroxylation is 2. The summed E-state index contributed by atoms with van der Waals surface area (Å²) >= 11 is 0. The maximum atomic E-state index is 12.9. The molecule has 0 saturated carbocycles. The number of nitrogens with zero attached hydrogens (tertiary/aromatic N) is 1. The molecule has 1 aromatic heterocycles. The van der Waals surface area contributed by atoms with Gasteiger partial charge >= 0.3 is 5.97 Å². The van der Waals surface area contributed by atoms with E-state index in [-0.39, 0.29) is 5.97 Å². The smallest absolute Gasteiger partial charge is 0.339 e. The number of esters is 1. The maximum absolute atomic E-state index is 12.9. The Hall–Kier alpha value is -2.68. The second kappa shape index (κ2) is 7.28. The second-order valence-corrected chi connectivity index (χ2v) is 7.30. The van der Waals surface area contributed by atoms with Gasteiger partial charge in [-0.15, -0.1) is 0 Å². The van der Waals surface area contributed by atoms with Crippen LogP contribution in [0.1, 0.15) is 40.9 Å². The van der Waals surface area contributed by atoms with Crippen LogP contribution in [0.4, 0.5) is 0 Å². The fourth-order valence-corrected chi connectivity index (χ4v) is 3.27. The highest BCUT2D eigenvalue weighted by Crippen LogP contribution is 2.32. The van der Waals surface area contributed by atoms with Crippen molar-refractivity contribution in [2.75, 3.05) is 6.61 Å². The zero-order valence-corrected chi connectivity index (χ0v) is 16.1. The summed E-state index contributed by atoms with van der Waals surface area (Å²) in [7, 11) is 0. The van der Waals surface area contributed by atoms with Gasteiger partial charge in [0.2, 0.25) is 0 Å². The first kappa shape index (κ1) is 18.1. The van der Waals surface area contributed by atoms with E-state index in [4.69, 9.17) is 9.72 Å². The van der Waals surface area contributed by atoms with Crippen LogP contribution in [-0.2, 0) is 4.74 Å². The van der Waals surface area contributed by atoms with Gasteiger partial charge in [0.25, 0.3) is 0 Å². The molecule has 26 heavy (non-hydrogen) atoms. The van der Waals surface area contributed by atoms with Gasteiger partial charge in [-0.1, -0.05) is 55.8 Å². The van der Waals surface area contributed by atoms with Crippen LogP contribution < -0.4 is 0 Å². The fourth-order valence-electron chi connectivity index (χ4n) is 3.27. The van der Waals surface area contributed by atoms with Gasteiger partial charge in [-0.05, 0) is 43.9 Å².